The highest BCUT2D eigenvalue weighted by Crippen LogP contribution is 2.34. The molecule has 0 fully saturated rings. The molecule has 4 rings (SSSR count). The van der Waals surface area contributed by atoms with Crippen LogP contribution in [-0.2, 0) is 22.6 Å². The van der Waals surface area contributed by atoms with Crippen LogP contribution in [0, 0.1) is 0 Å². The molecular formula is C22H21NO6S. The van der Waals surface area contributed by atoms with Crippen molar-refractivity contribution in [2.45, 2.75) is 13.0 Å². The lowest BCUT2D eigenvalue weighted by molar-refractivity contribution is -0.144. The number of methoxy groups -OCH3 is 2. The Labute approximate surface area is 178 Å². The van der Waals surface area contributed by atoms with Gasteiger partial charge in [0, 0.05) is 10.9 Å². The van der Waals surface area contributed by atoms with Gasteiger partial charge in [-0.1, -0.05) is 6.07 Å². The summed E-state index contributed by atoms with van der Waals surface area (Å²) >= 11 is 1.48. The minimum Gasteiger partial charge on any atom is -0.493 e. The zero-order chi connectivity index (χ0) is 20.9. The molecule has 0 saturated heterocycles. The predicted octanol–water partition coefficient (Wildman–Crippen LogP) is 3.88. The third-order valence-corrected chi connectivity index (χ3v) is 5.46. The van der Waals surface area contributed by atoms with Gasteiger partial charge in [0.25, 0.3) is 0 Å². The Kier molecular flexibility index (Phi) is 6.04. The molecule has 0 saturated carbocycles. The summed E-state index contributed by atoms with van der Waals surface area (Å²) in [5.74, 6) is 2.32. The van der Waals surface area contributed by atoms with Gasteiger partial charge in [-0.2, -0.15) is 0 Å². The third-order valence-electron chi connectivity index (χ3n) is 4.52. The van der Waals surface area contributed by atoms with Crippen molar-refractivity contribution in [2.75, 3.05) is 27.4 Å². The van der Waals surface area contributed by atoms with Gasteiger partial charge in [-0.3, -0.25) is 4.79 Å². The average molecular weight is 427 g/mol. The highest BCUT2D eigenvalue weighted by Gasteiger charge is 2.15. The second-order valence-corrected chi connectivity index (χ2v) is 7.39. The van der Waals surface area contributed by atoms with Crippen LogP contribution >= 0.6 is 11.3 Å². The summed E-state index contributed by atoms with van der Waals surface area (Å²) in [6.07, 6.45) is 0.156. The zero-order valence-corrected chi connectivity index (χ0v) is 17.5. The zero-order valence-electron chi connectivity index (χ0n) is 16.7. The van der Waals surface area contributed by atoms with Gasteiger partial charge in [0.1, 0.15) is 24.8 Å². The lowest BCUT2D eigenvalue weighted by atomic mass is 10.1. The van der Waals surface area contributed by atoms with Crippen molar-refractivity contribution in [3.05, 3.63) is 53.0 Å². The second kappa shape index (κ2) is 9.04. The van der Waals surface area contributed by atoms with E-state index in [2.05, 4.69) is 4.98 Å². The predicted molar refractivity (Wildman–Crippen MR) is 112 cm³/mol. The van der Waals surface area contributed by atoms with Gasteiger partial charge in [-0.25, -0.2) is 4.98 Å². The second-order valence-electron chi connectivity index (χ2n) is 6.53. The van der Waals surface area contributed by atoms with Crippen molar-refractivity contribution < 1.29 is 28.5 Å². The number of thiazole rings is 1. The molecule has 0 amide bonds. The van der Waals surface area contributed by atoms with E-state index in [9.17, 15) is 4.79 Å². The minimum absolute atomic E-state index is 0.118. The molecule has 30 heavy (non-hydrogen) atoms. The highest BCUT2D eigenvalue weighted by molar-refractivity contribution is 7.13. The molecule has 0 bridgehead atoms. The molecule has 2 heterocycles. The van der Waals surface area contributed by atoms with E-state index in [0.29, 0.717) is 41.9 Å². The van der Waals surface area contributed by atoms with Crippen molar-refractivity contribution in [2.24, 2.45) is 0 Å². The van der Waals surface area contributed by atoms with Gasteiger partial charge in [0.05, 0.1) is 26.3 Å². The van der Waals surface area contributed by atoms with Crippen LogP contribution < -0.4 is 18.9 Å². The fourth-order valence-corrected chi connectivity index (χ4v) is 3.85. The molecule has 156 valence electrons. The van der Waals surface area contributed by atoms with Crippen molar-refractivity contribution >= 4 is 17.3 Å². The number of esters is 1. The number of aromatic nitrogens is 1. The van der Waals surface area contributed by atoms with E-state index in [1.54, 1.807) is 14.2 Å². The Morgan fingerprint density at radius 2 is 1.83 bits per heavy atom. The number of hydrogen-bond acceptors (Lipinski definition) is 8. The topological polar surface area (TPSA) is 76.1 Å². The first-order chi connectivity index (χ1) is 14.7. The number of carbonyl (C=O) groups excluding carboxylic acids is 1. The largest absolute Gasteiger partial charge is 0.493 e. The standard InChI is InChI=1S/C22H21NO6S/c1-25-17-6-4-15(11-19(17)26-2)22-23-16(13-30-22)12-29-21(24)10-14-3-5-18-20(9-14)28-8-7-27-18/h3-6,9,11,13H,7-8,10,12H2,1-2H3. The number of ether oxygens (including phenoxy) is 5. The molecule has 2 aromatic carbocycles. The molecule has 0 unspecified atom stereocenters. The Hall–Kier alpha value is -3.26. The molecule has 1 aliphatic rings. The summed E-state index contributed by atoms with van der Waals surface area (Å²) < 4.78 is 27.0. The van der Waals surface area contributed by atoms with Gasteiger partial charge in [-0.15, -0.1) is 11.3 Å². The fraction of sp³-hybridized carbons (Fsp3) is 0.273. The first-order valence-electron chi connectivity index (χ1n) is 9.37. The maximum absolute atomic E-state index is 12.2. The first kappa shape index (κ1) is 20.0. The Bertz CT molecular complexity index is 1050. The maximum Gasteiger partial charge on any atom is 0.310 e. The molecule has 0 radical (unpaired) electrons. The van der Waals surface area contributed by atoms with Gasteiger partial charge < -0.3 is 23.7 Å². The van der Waals surface area contributed by atoms with Gasteiger partial charge in [-0.05, 0) is 35.9 Å². The van der Waals surface area contributed by atoms with Crippen molar-refractivity contribution in [3.63, 3.8) is 0 Å². The molecule has 0 aliphatic carbocycles. The summed E-state index contributed by atoms with van der Waals surface area (Å²) in [7, 11) is 3.19. The Balaban J connectivity index is 1.36. The molecule has 1 aromatic heterocycles. The summed E-state index contributed by atoms with van der Waals surface area (Å²) in [6.45, 7) is 1.16. The SMILES string of the molecule is COc1ccc(-c2nc(COC(=O)Cc3ccc4c(c3)OCCO4)cs2)cc1OC. The van der Waals surface area contributed by atoms with E-state index in [0.717, 1.165) is 16.1 Å². The van der Waals surface area contributed by atoms with E-state index >= 15 is 0 Å². The van der Waals surface area contributed by atoms with Crippen LogP contribution in [-0.4, -0.2) is 38.4 Å². The summed E-state index contributed by atoms with van der Waals surface area (Å²) in [5.41, 5.74) is 2.42. The van der Waals surface area contributed by atoms with Crippen molar-refractivity contribution in [1.82, 2.24) is 4.98 Å². The van der Waals surface area contributed by atoms with Gasteiger partial charge in [0.15, 0.2) is 23.0 Å². The highest BCUT2D eigenvalue weighted by atomic mass is 32.1. The Morgan fingerprint density at radius 3 is 2.63 bits per heavy atom. The van der Waals surface area contributed by atoms with Crippen LogP contribution in [0.1, 0.15) is 11.3 Å². The lowest BCUT2D eigenvalue weighted by Gasteiger charge is -2.18. The maximum atomic E-state index is 12.2. The smallest absolute Gasteiger partial charge is 0.310 e. The quantitative estimate of drug-likeness (QED) is 0.530. The van der Waals surface area contributed by atoms with E-state index in [1.807, 2.05) is 41.8 Å². The summed E-state index contributed by atoms with van der Waals surface area (Å²) in [4.78, 5) is 16.8. The molecule has 0 N–H and O–H groups in total. The van der Waals surface area contributed by atoms with Gasteiger partial charge in [0.2, 0.25) is 0 Å². The minimum atomic E-state index is -0.327. The van der Waals surface area contributed by atoms with E-state index < -0.39 is 0 Å². The molecule has 8 heteroatoms. The number of carbonyl (C=O) groups is 1. The lowest BCUT2D eigenvalue weighted by Crippen LogP contribution is -2.16. The van der Waals surface area contributed by atoms with E-state index in [-0.39, 0.29) is 19.0 Å². The molecule has 3 aromatic rings. The van der Waals surface area contributed by atoms with Gasteiger partial charge >= 0.3 is 5.97 Å². The number of hydrogen-bond donors (Lipinski definition) is 0. The summed E-state index contributed by atoms with van der Waals surface area (Å²) in [6, 6.07) is 11.1. The summed E-state index contributed by atoms with van der Waals surface area (Å²) in [5, 5.41) is 2.69. The van der Waals surface area contributed by atoms with Crippen LogP contribution in [0.2, 0.25) is 0 Å². The van der Waals surface area contributed by atoms with Crippen molar-refractivity contribution in [3.8, 4) is 33.6 Å². The Morgan fingerprint density at radius 1 is 1.03 bits per heavy atom. The number of fused-ring (bicyclic) bond motifs is 1. The first-order valence-corrected chi connectivity index (χ1v) is 10.2. The van der Waals surface area contributed by atoms with E-state index in [1.165, 1.54) is 11.3 Å². The van der Waals surface area contributed by atoms with Crippen molar-refractivity contribution in [1.29, 1.82) is 0 Å². The monoisotopic (exact) mass is 427 g/mol. The molecule has 1 aliphatic heterocycles. The number of benzene rings is 2. The molecule has 7 nitrogen and oxygen atoms in total. The third kappa shape index (κ3) is 4.49. The number of rotatable bonds is 7. The average Bonchev–Trinajstić information content (AvgIpc) is 3.26. The van der Waals surface area contributed by atoms with Crippen LogP contribution in [0.25, 0.3) is 10.6 Å². The van der Waals surface area contributed by atoms with Crippen LogP contribution in [0.5, 0.6) is 23.0 Å². The molecule has 0 spiro atoms. The van der Waals surface area contributed by atoms with Crippen LogP contribution in [0.15, 0.2) is 41.8 Å². The van der Waals surface area contributed by atoms with Crippen LogP contribution in [0.3, 0.4) is 0 Å². The normalized spacial score (nSPS) is 12.3. The molecular weight excluding hydrogens is 406 g/mol. The molecule has 0 atom stereocenters. The fourth-order valence-electron chi connectivity index (χ4n) is 3.04. The van der Waals surface area contributed by atoms with E-state index in [4.69, 9.17) is 23.7 Å². The number of nitrogens with zero attached hydrogens (tertiary/aromatic N) is 1. The van der Waals surface area contributed by atoms with Crippen LogP contribution in [0.4, 0.5) is 0 Å².